The summed E-state index contributed by atoms with van der Waals surface area (Å²) >= 11 is 0. The van der Waals surface area contributed by atoms with Crippen molar-refractivity contribution in [1.82, 2.24) is 15.1 Å². The number of hydrogen-bond donors (Lipinski definition) is 1. The zero-order valence-electron chi connectivity index (χ0n) is 11.0. The van der Waals surface area contributed by atoms with E-state index in [0.717, 1.165) is 32.6 Å². The molecule has 16 heavy (non-hydrogen) atoms. The molecule has 0 atom stereocenters. The Morgan fingerprint density at radius 2 is 2.12 bits per heavy atom. The Kier molecular flexibility index (Phi) is 4.74. The van der Waals surface area contributed by atoms with Gasteiger partial charge in [-0.05, 0) is 40.9 Å². The summed E-state index contributed by atoms with van der Waals surface area (Å²) in [6, 6.07) is 0. The number of amides is 1. The van der Waals surface area contributed by atoms with Gasteiger partial charge in [-0.25, -0.2) is 0 Å². The van der Waals surface area contributed by atoms with Gasteiger partial charge in [0.15, 0.2) is 0 Å². The van der Waals surface area contributed by atoms with E-state index in [2.05, 4.69) is 38.2 Å². The third kappa shape index (κ3) is 4.49. The van der Waals surface area contributed by atoms with Crippen LogP contribution >= 0.6 is 0 Å². The molecule has 1 fully saturated rings. The molecule has 4 nitrogen and oxygen atoms in total. The summed E-state index contributed by atoms with van der Waals surface area (Å²) in [7, 11) is 4.13. The van der Waals surface area contributed by atoms with Crippen LogP contribution < -0.4 is 5.32 Å². The van der Waals surface area contributed by atoms with Crippen molar-refractivity contribution < 1.29 is 4.79 Å². The van der Waals surface area contributed by atoms with E-state index >= 15 is 0 Å². The lowest BCUT2D eigenvalue weighted by Crippen LogP contribution is -2.39. The highest BCUT2D eigenvalue weighted by molar-refractivity contribution is 5.77. The molecule has 4 heteroatoms. The quantitative estimate of drug-likeness (QED) is 0.761. The zero-order valence-corrected chi connectivity index (χ0v) is 11.0. The van der Waals surface area contributed by atoms with E-state index in [-0.39, 0.29) is 11.4 Å². The first-order valence-corrected chi connectivity index (χ1v) is 6.08. The lowest BCUT2D eigenvalue weighted by molar-refractivity contribution is -0.131. The smallest absolute Gasteiger partial charge is 0.224 e. The molecule has 1 saturated heterocycles. The molecule has 0 aliphatic carbocycles. The first-order chi connectivity index (χ1) is 7.41. The first-order valence-electron chi connectivity index (χ1n) is 6.08. The van der Waals surface area contributed by atoms with Gasteiger partial charge < -0.3 is 15.1 Å². The molecule has 0 aromatic heterocycles. The molecule has 0 aromatic carbocycles. The summed E-state index contributed by atoms with van der Waals surface area (Å²) in [5.74, 6) is 0.286. The average Bonchev–Trinajstić information content (AvgIpc) is 2.24. The second-order valence-corrected chi connectivity index (χ2v) is 5.53. The largest absolute Gasteiger partial charge is 0.341 e. The SMILES string of the molecule is CN(C)CCCN1CCNC(C)(C)CC1=O. The second-order valence-electron chi connectivity index (χ2n) is 5.53. The van der Waals surface area contributed by atoms with Gasteiger partial charge in [0.25, 0.3) is 0 Å². The Morgan fingerprint density at radius 3 is 2.75 bits per heavy atom. The van der Waals surface area contributed by atoms with Crippen molar-refractivity contribution >= 4 is 5.91 Å². The van der Waals surface area contributed by atoms with Crippen molar-refractivity contribution in [3.8, 4) is 0 Å². The van der Waals surface area contributed by atoms with Crippen LogP contribution in [-0.2, 0) is 4.79 Å². The van der Waals surface area contributed by atoms with Gasteiger partial charge in [0.05, 0.1) is 0 Å². The van der Waals surface area contributed by atoms with Crippen LogP contribution in [0, 0.1) is 0 Å². The Hall–Kier alpha value is -0.610. The zero-order chi connectivity index (χ0) is 12.2. The van der Waals surface area contributed by atoms with Gasteiger partial charge >= 0.3 is 0 Å². The normalized spacial score (nSPS) is 21.3. The third-order valence-corrected chi connectivity index (χ3v) is 2.96. The van der Waals surface area contributed by atoms with Crippen LogP contribution in [0.1, 0.15) is 26.7 Å². The minimum atomic E-state index is -0.0482. The van der Waals surface area contributed by atoms with Crippen molar-refractivity contribution in [2.24, 2.45) is 0 Å². The molecule has 1 N–H and O–H groups in total. The molecule has 1 rings (SSSR count). The molecule has 0 aromatic rings. The molecule has 0 bridgehead atoms. The predicted octanol–water partition coefficient (Wildman–Crippen LogP) is 0.539. The highest BCUT2D eigenvalue weighted by Gasteiger charge is 2.27. The van der Waals surface area contributed by atoms with E-state index < -0.39 is 0 Å². The fourth-order valence-electron chi connectivity index (χ4n) is 2.02. The number of carbonyl (C=O) groups is 1. The van der Waals surface area contributed by atoms with Gasteiger partial charge in [-0.2, -0.15) is 0 Å². The maximum Gasteiger partial charge on any atom is 0.224 e. The molecule has 0 unspecified atom stereocenters. The third-order valence-electron chi connectivity index (χ3n) is 2.96. The second kappa shape index (κ2) is 5.64. The molecule has 1 heterocycles. The molecule has 94 valence electrons. The lowest BCUT2D eigenvalue weighted by atomic mass is 10.0. The van der Waals surface area contributed by atoms with Crippen LogP contribution in [0.5, 0.6) is 0 Å². The fourth-order valence-corrected chi connectivity index (χ4v) is 2.02. The van der Waals surface area contributed by atoms with Crippen LogP contribution in [0.4, 0.5) is 0 Å². The standard InChI is InChI=1S/C12H25N3O/c1-12(2)10-11(16)15(9-6-13-12)8-5-7-14(3)4/h13H,5-10H2,1-4H3. The number of nitrogens with zero attached hydrogens (tertiary/aromatic N) is 2. The first kappa shape index (κ1) is 13.5. The minimum Gasteiger partial charge on any atom is -0.341 e. The number of nitrogens with one attached hydrogen (secondary N) is 1. The highest BCUT2D eigenvalue weighted by atomic mass is 16.2. The highest BCUT2D eigenvalue weighted by Crippen LogP contribution is 2.13. The van der Waals surface area contributed by atoms with E-state index in [1.165, 1.54) is 0 Å². The summed E-state index contributed by atoms with van der Waals surface area (Å²) in [5.41, 5.74) is -0.0482. The van der Waals surface area contributed by atoms with Crippen LogP contribution in [0.25, 0.3) is 0 Å². The van der Waals surface area contributed by atoms with E-state index in [4.69, 9.17) is 0 Å². The van der Waals surface area contributed by atoms with Gasteiger partial charge in [0.2, 0.25) is 5.91 Å². The summed E-state index contributed by atoms with van der Waals surface area (Å²) in [4.78, 5) is 16.1. The van der Waals surface area contributed by atoms with Gasteiger partial charge in [-0.3, -0.25) is 4.79 Å². The molecule has 1 aliphatic rings. The Labute approximate surface area is 99.0 Å². The topological polar surface area (TPSA) is 35.6 Å². The van der Waals surface area contributed by atoms with Crippen LogP contribution in [-0.4, -0.2) is 61.5 Å². The van der Waals surface area contributed by atoms with Crippen LogP contribution in [0.3, 0.4) is 0 Å². The summed E-state index contributed by atoms with van der Waals surface area (Å²) in [6.45, 7) is 7.86. The fraction of sp³-hybridized carbons (Fsp3) is 0.917. The van der Waals surface area contributed by atoms with Crippen LogP contribution in [0.15, 0.2) is 0 Å². The van der Waals surface area contributed by atoms with Gasteiger partial charge in [0.1, 0.15) is 0 Å². The van der Waals surface area contributed by atoms with Gasteiger partial charge in [0, 0.05) is 31.6 Å². The van der Waals surface area contributed by atoms with Gasteiger partial charge in [-0.15, -0.1) is 0 Å². The molecule has 1 aliphatic heterocycles. The van der Waals surface area contributed by atoms with E-state index in [0.29, 0.717) is 6.42 Å². The molecular formula is C12H25N3O. The predicted molar refractivity (Wildman–Crippen MR) is 66.4 cm³/mol. The molecular weight excluding hydrogens is 202 g/mol. The Morgan fingerprint density at radius 1 is 1.44 bits per heavy atom. The molecule has 1 amide bonds. The summed E-state index contributed by atoms with van der Waals surface area (Å²) in [5, 5.41) is 3.41. The average molecular weight is 227 g/mol. The van der Waals surface area contributed by atoms with Crippen LogP contribution in [0.2, 0.25) is 0 Å². The van der Waals surface area contributed by atoms with Crippen molar-refractivity contribution in [3.63, 3.8) is 0 Å². The van der Waals surface area contributed by atoms with E-state index in [1.807, 2.05) is 4.90 Å². The summed E-state index contributed by atoms with van der Waals surface area (Å²) < 4.78 is 0. The minimum absolute atomic E-state index is 0.0482. The Balaban J connectivity index is 2.39. The lowest BCUT2D eigenvalue weighted by Gasteiger charge is -2.23. The van der Waals surface area contributed by atoms with E-state index in [9.17, 15) is 4.79 Å². The van der Waals surface area contributed by atoms with E-state index in [1.54, 1.807) is 0 Å². The number of hydrogen-bond acceptors (Lipinski definition) is 3. The molecule has 0 spiro atoms. The number of rotatable bonds is 4. The summed E-state index contributed by atoms with van der Waals surface area (Å²) in [6.07, 6.45) is 1.66. The number of carbonyl (C=O) groups excluding carboxylic acids is 1. The molecule has 0 radical (unpaired) electrons. The van der Waals surface area contributed by atoms with Crippen molar-refractivity contribution in [1.29, 1.82) is 0 Å². The van der Waals surface area contributed by atoms with Crippen molar-refractivity contribution in [2.75, 3.05) is 40.3 Å². The van der Waals surface area contributed by atoms with Crippen molar-refractivity contribution in [2.45, 2.75) is 32.2 Å². The van der Waals surface area contributed by atoms with Gasteiger partial charge in [-0.1, -0.05) is 0 Å². The maximum absolute atomic E-state index is 12.0. The molecule has 0 saturated carbocycles. The van der Waals surface area contributed by atoms with Crippen molar-refractivity contribution in [3.05, 3.63) is 0 Å². The maximum atomic E-state index is 12.0. The monoisotopic (exact) mass is 227 g/mol. The Bertz CT molecular complexity index is 238.